The molecule has 0 aromatic carbocycles. The molecular formula is C13H26O2. The van der Waals surface area contributed by atoms with Crippen molar-refractivity contribution in [1.29, 1.82) is 0 Å². The first kappa shape index (κ1) is 14.5. The quantitative estimate of drug-likeness (QED) is 0.454. The zero-order valence-corrected chi connectivity index (χ0v) is 10.7. The zero-order valence-electron chi connectivity index (χ0n) is 10.7. The average molecular weight is 214 g/mol. The molecule has 15 heavy (non-hydrogen) atoms. The monoisotopic (exact) mass is 214 g/mol. The van der Waals surface area contributed by atoms with E-state index in [-0.39, 0.29) is 5.97 Å². The average Bonchev–Trinajstić information content (AvgIpc) is 2.23. The number of esters is 1. The SMILES string of the molecule is CCC(C)CCCCC(C)CC(=O)OC. The van der Waals surface area contributed by atoms with Crippen LogP contribution in [0.15, 0.2) is 0 Å². The number of methoxy groups -OCH3 is 1. The Labute approximate surface area is 94.4 Å². The first-order valence-corrected chi connectivity index (χ1v) is 6.16. The summed E-state index contributed by atoms with van der Waals surface area (Å²) in [5.74, 6) is 1.24. The van der Waals surface area contributed by atoms with Crippen molar-refractivity contribution in [2.75, 3.05) is 7.11 Å². The molecule has 2 nitrogen and oxygen atoms in total. The number of carbonyl (C=O) groups is 1. The normalized spacial score (nSPS) is 14.7. The summed E-state index contributed by atoms with van der Waals surface area (Å²) in [6, 6.07) is 0. The van der Waals surface area contributed by atoms with Crippen molar-refractivity contribution in [2.45, 2.75) is 59.3 Å². The lowest BCUT2D eigenvalue weighted by Crippen LogP contribution is -2.07. The first-order chi connectivity index (χ1) is 7.10. The van der Waals surface area contributed by atoms with Gasteiger partial charge in [-0.25, -0.2) is 0 Å². The minimum Gasteiger partial charge on any atom is -0.469 e. The number of unbranched alkanes of at least 4 members (excludes halogenated alkanes) is 1. The Balaban J connectivity index is 3.38. The molecule has 0 spiro atoms. The molecule has 2 atom stereocenters. The lowest BCUT2D eigenvalue weighted by atomic mass is 9.96. The molecule has 0 saturated heterocycles. The second-order valence-corrected chi connectivity index (χ2v) is 4.68. The Bertz CT molecular complexity index is 166. The van der Waals surface area contributed by atoms with Crippen LogP contribution in [0.1, 0.15) is 59.3 Å². The molecule has 0 aromatic rings. The Hall–Kier alpha value is -0.530. The second-order valence-electron chi connectivity index (χ2n) is 4.68. The molecule has 0 N–H and O–H groups in total. The summed E-state index contributed by atoms with van der Waals surface area (Å²) in [5.41, 5.74) is 0. The van der Waals surface area contributed by atoms with Gasteiger partial charge in [-0.2, -0.15) is 0 Å². The number of hydrogen-bond donors (Lipinski definition) is 0. The molecule has 0 fully saturated rings. The van der Waals surface area contributed by atoms with Crippen LogP contribution in [0.5, 0.6) is 0 Å². The van der Waals surface area contributed by atoms with Crippen molar-refractivity contribution in [3.63, 3.8) is 0 Å². The maximum Gasteiger partial charge on any atom is 0.305 e. The molecule has 0 saturated carbocycles. The van der Waals surface area contributed by atoms with Crippen molar-refractivity contribution in [3.8, 4) is 0 Å². The minimum absolute atomic E-state index is 0.0792. The fraction of sp³-hybridized carbons (Fsp3) is 0.923. The molecule has 0 aromatic heterocycles. The Kier molecular flexibility index (Phi) is 8.44. The van der Waals surface area contributed by atoms with E-state index in [9.17, 15) is 4.79 Å². The van der Waals surface area contributed by atoms with Crippen LogP contribution in [0, 0.1) is 11.8 Å². The van der Waals surface area contributed by atoms with E-state index < -0.39 is 0 Å². The van der Waals surface area contributed by atoms with Gasteiger partial charge in [-0.1, -0.05) is 52.9 Å². The Morgan fingerprint density at radius 1 is 1.13 bits per heavy atom. The highest BCUT2D eigenvalue weighted by Gasteiger charge is 2.08. The summed E-state index contributed by atoms with van der Waals surface area (Å²) in [6.07, 6.45) is 6.84. The van der Waals surface area contributed by atoms with Gasteiger partial charge in [0, 0.05) is 6.42 Å². The van der Waals surface area contributed by atoms with E-state index in [2.05, 4.69) is 25.5 Å². The fourth-order valence-corrected chi connectivity index (χ4v) is 1.66. The lowest BCUT2D eigenvalue weighted by molar-refractivity contribution is -0.141. The molecule has 2 heteroatoms. The summed E-state index contributed by atoms with van der Waals surface area (Å²) >= 11 is 0. The molecule has 90 valence electrons. The van der Waals surface area contributed by atoms with Gasteiger partial charge in [0.25, 0.3) is 0 Å². The van der Waals surface area contributed by atoms with Crippen molar-refractivity contribution in [2.24, 2.45) is 11.8 Å². The van der Waals surface area contributed by atoms with Crippen LogP contribution in [-0.2, 0) is 9.53 Å². The molecule has 0 amide bonds. The van der Waals surface area contributed by atoms with Crippen LogP contribution in [0.2, 0.25) is 0 Å². The summed E-state index contributed by atoms with van der Waals surface area (Å²) in [5, 5.41) is 0. The third-order valence-corrected chi connectivity index (χ3v) is 3.08. The minimum atomic E-state index is -0.0792. The topological polar surface area (TPSA) is 26.3 Å². The highest BCUT2D eigenvalue weighted by molar-refractivity contribution is 5.69. The third kappa shape index (κ3) is 8.46. The molecule has 0 aliphatic rings. The number of ether oxygens (including phenoxy) is 1. The van der Waals surface area contributed by atoms with Crippen LogP contribution in [-0.4, -0.2) is 13.1 Å². The predicted molar refractivity (Wildman–Crippen MR) is 63.7 cm³/mol. The van der Waals surface area contributed by atoms with Gasteiger partial charge in [-0.05, 0) is 11.8 Å². The third-order valence-electron chi connectivity index (χ3n) is 3.08. The first-order valence-electron chi connectivity index (χ1n) is 6.16. The molecule has 0 bridgehead atoms. The summed E-state index contributed by atoms with van der Waals surface area (Å²) in [7, 11) is 1.46. The van der Waals surface area contributed by atoms with Crippen molar-refractivity contribution >= 4 is 5.97 Å². The van der Waals surface area contributed by atoms with Gasteiger partial charge in [0.05, 0.1) is 7.11 Å². The van der Waals surface area contributed by atoms with E-state index in [0.717, 1.165) is 12.3 Å². The van der Waals surface area contributed by atoms with Gasteiger partial charge < -0.3 is 4.74 Å². The predicted octanol–water partition coefficient (Wildman–Crippen LogP) is 3.79. The maximum atomic E-state index is 11.0. The van der Waals surface area contributed by atoms with E-state index in [1.54, 1.807) is 0 Å². The maximum absolute atomic E-state index is 11.0. The second kappa shape index (κ2) is 8.75. The van der Waals surface area contributed by atoms with Crippen LogP contribution in [0.3, 0.4) is 0 Å². The van der Waals surface area contributed by atoms with Crippen molar-refractivity contribution in [1.82, 2.24) is 0 Å². The van der Waals surface area contributed by atoms with Gasteiger partial charge in [-0.3, -0.25) is 4.79 Å². The van der Waals surface area contributed by atoms with Gasteiger partial charge >= 0.3 is 5.97 Å². The molecule has 0 heterocycles. The largest absolute Gasteiger partial charge is 0.469 e. The lowest BCUT2D eigenvalue weighted by Gasteiger charge is -2.11. The summed E-state index contributed by atoms with van der Waals surface area (Å²) < 4.78 is 4.64. The Morgan fingerprint density at radius 2 is 1.67 bits per heavy atom. The zero-order chi connectivity index (χ0) is 11.7. The molecule has 2 unspecified atom stereocenters. The van der Waals surface area contributed by atoms with E-state index in [0.29, 0.717) is 12.3 Å². The number of hydrogen-bond acceptors (Lipinski definition) is 2. The molecule has 0 radical (unpaired) electrons. The highest BCUT2D eigenvalue weighted by Crippen LogP contribution is 2.17. The van der Waals surface area contributed by atoms with E-state index in [1.165, 1.54) is 32.8 Å². The molecular weight excluding hydrogens is 188 g/mol. The summed E-state index contributed by atoms with van der Waals surface area (Å²) in [4.78, 5) is 11.0. The van der Waals surface area contributed by atoms with Gasteiger partial charge in [-0.15, -0.1) is 0 Å². The van der Waals surface area contributed by atoms with Crippen LogP contribution in [0.25, 0.3) is 0 Å². The van der Waals surface area contributed by atoms with E-state index in [1.807, 2.05) is 0 Å². The molecule has 0 rings (SSSR count). The smallest absolute Gasteiger partial charge is 0.305 e. The molecule has 0 aliphatic heterocycles. The standard InChI is InChI=1S/C13H26O2/c1-5-11(2)8-6-7-9-12(3)10-13(14)15-4/h11-12H,5-10H2,1-4H3. The molecule has 0 aliphatic carbocycles. The van der Waals surface area contributed by atoms with Crippen LogP contribution in [0.4, 0.5) is 0 Å². The van der Waals surface area contributed by atoms with Crippen molar-refractivity contribution < 1.29 is 9.53 Å². The van der Waals surface area contributed by atoms with Crippen LogP contribution >= 0.6 is 0 Å². The number of carbonyl (C=O) groups excluding carboxylic acids is 1. The van der Waals surface area contributed by atoms with Gasteiger partial charge in [0.2, 0.25) is 0 Å². The fourth-order valence-electron chi connectivity index (χ4n) is 1.66. The van der Waals surface area contributed by atoms with Crippen molar-refractivity contribution in [3.05, 3.63) is 0 Å². The van der Waals surface area contributed by atoms with Gasteiger partial charge in [0.15, 0.2) is 0 Å². The summed E-state index contributed by atoms with van der Waals surface area (Å²) in [6.45, 7) is 6.67. The number of rotatable bonds is 8. The van der Waals surface area contributed by atoms with E-state index in [4.69, 9.17) is 0 Å². The van der Waals surface area contributed by atoms with E-state index >= 15 is 0 Å². The van der Waals surface area contributed by atoms with Crippen LogP contribution < -0.4 is 0 Å². The highest BCUT2D eigenvalue weighted by atomic mass is 16.5. The van der Waals surface area contributed by atoms with Gasteiger partial charge in [0.1, 0.15) is 0 Å². The Morgan fingerprint density at radius 3 is 2.13 bits per heavy atom.